The van der Waals surface area contributed by atoms with E-state index in [0.29, 0.717) is 11.5 Å². The lowest BCUT2D eigenvalue weighted by molar-refractivity contribution is -0.152. The molecule has 0 radical (unpaired) electrons. The first-order valence-corrected chi connectivity index (χ1v) is 10.7. The first-order chi connectivity index (χ1) is 13.8. The Hall–Kier alpha value is -2.19. The monoisotopic (exact) mass is 481 g/mol. The van der Waals surface area contributed by atoms with Crippen molar-refractivity contribution >= 4 is 39.6 Å². The van der Waals surface area contributed by atoms with Crippen molar-refractivity contribution in [3.8, 4) is 11.5 Å². The highest BCUT2D eigenvalue weighted by Crippen LogP contribution is 2.27. The molecular weight excluding hydrogens is 458 g/mol. The number of carbonyl (C=O) groups excluding carboxylic acids is 2. The molecule has 0 aliphatic rings. The van der Waals surface area contributed by atoms with Gasteiger partial charge in [0.15, 0.2) is 17.6 Å². The Morgan fingerprint density at radius 2 is 1.83 bits per heavy atom. The molecule has 0 spiro atoms. The Morgan fingerprint density at radius 1 is 1.10 bits per heavy atom. The molecule has 2 aromatic rings. The predicted octanol–water partition coefficient (Wildman–Crippen LogP) is 4.11. The molecule has 1 unspecified atom stereocenters. The van der Waals surface area contributed by atoms with Gasteiger partial charge in [0.1, 0.15) is 0 Å². The fourth-order valence-corrected chi connectivity index (χ4v) is 3.79. The molecular formula is C21H24BrNO5S. The number of thioether (sulfide) groups is 1. The van der Waals surface area contributed by atoms with Crippen LogP contribution in [0.15, 0.2) is 45.8 Å². The third-order valence-corrected chi connectivity index (χ3v) is 5.72. The minimum Gasteiger partial charge on any atom is -0.493 e. The first-order valence-electron chi connectivity index (χ1n) is 8.91. The van der Waals surface area contributed by atoms with Crippen LogP contribution in [0.5, 0.6) is 11.5 Å². The van der Waals surface area contributed by atoms with Crippen molar-refractivity contribution in [2.24, 2.45) is 0 Å². The highest BCUT2D eigenvalue weighted by Gasteiger charge is 2.18. The summed E-state index contributed by atoms with van der Waals surface area (Å²) in [7, 11) is 3.11. The number of hydrogen-bond donors (Lipinski definition) is 1. The zero-order valence-corrected chi connectivity index (χ0v) is 19.2. The third-order valence-electron chi connectivity index (χ3n) is 4.07. The highest BCUT2D eigenvalue weighted by molar-refractivity contribution is 9.10. The fraction of sp³-hybridized carbons (Fsp3) is 0.333. The summed E-state index contributed by atoms with van der Waals surface area (Å²) in [5.74, 6) is 0.530. The van der Waals surface area contributed by atoms with Crippen molar-refractivity contribution in [1.82, 2.24) is 5.32 Å². The van der Waals surface area contributed by atoms with Crippen molar-refractivity contribution in [1.29, 1.82) is 0 Å². The van der Waals surface area contributed by atoms with Crippen LogP contribution in [-0.2, 0) is 20.9 Å². The maximum absolute atomic E-state index is 12.2. The van der Waals surface area contributed by atoms with Crippen LogP contribution in [0.25, 0.3) is 0 Å². The van der Waals surface area contributed by atoms with Crippen LogP contribution in [0.1, 0.15) is 18.1 Å². The summed E-state index contributed by atoms with van der Waals surface area (Å²) < 4.78 is 16.7. The quantitative estimate of drug-likeness (QED) is 0.428. The van der Waals surface area contributed by atoms with Crippen LogP contribution in [0.2, 0.25) is 0 Å². The van der Waals surface area contributed by atoms with Gasteiger partial charge in [-0.25, -0.2) is 0 Å². The van der Waals surface area contributed by atoms with Crippen LogP contribution in [0.3, 0.4) is 0 Å². The molecule has 2 aromatic carbocycles. The zero-order valence-electron chi connectivity index (χ0n) is 16.8. The standard InChI is InChI=1S/C21H24BrNO5S/c1-13-9-16(22)6-8-19(13)29-12-20(24)28-14(2)21(25)23-11-15-5-7-17(26-3)18(10-15)27-4/h5-10,14H,11-12H2,1-4H3,(H,23,25). The second-order valence-corrected chi connectivity index (χ2v) is 8.17. The van der Waals surface area contributed by atoms with Crippen LogP contribution in [-0.4, -0.2) is 38.0 Å². The minimum absolute atomic E-state index is 0.135. The SMILES string of the molecule is COc1ccc(CNC(=O)C(C)OC(=O)CSc2ccc(Br)cc2C)cc1OC. The molecule has 0 saturated carbocycles. The average molecular weight is 482 g/mol. The van der Waals surface area contributed by atoms with Gasteiger partial charge in [0.25, 0.3) is 5.91 Å². The van der Waals surface area contributed by atoms with E-state index in [-0.39, 0.29) is 18.2 Å². The first kappa shape index (κ1) is 23.1. The summed E-state index contributed by atoms with van der Waals surface area (Å²) in [6.07, 6.45) is -0.880. The Kier molecular flexibility index (Phi) is 8.85. The summed E-state index contributed by atoms with van der Waals surface area (Å²) in [4.78, 5) is 25.3. The van der Waals surface area contributed by atoms with Gasteiger partial charge in [-0.15, -0.1) is 11.8 Å². The molecule has 2 rings (SSSR count). The van der Waals surface area contributed by atoms with Crippen LogP contribution in [0, 0.1) is 6.92 Å². The molecule has 1 N–H and O–H groups in total. The molecule has 0 aliphatic carbocycles. The number of ether oxygens (including phenoxy) is 3. The van der Waals surface area contributed by atoms with E-state index in [4.69, 9.17) is 14.2 Å². The van der Waals surface area contributed by atoms with Crippen molar-refractivity contribution < 1.29 is 23.8 Å². The smallest absolute Gasteiger partial charge is 0.317 e. The van der Waals surface area contributed by atoms with Gasteiger partial charge in [-0.05, 0) is 55.3 Å². The molecule has 8 heteroatoms. The summed E-state index contributed by atoms with van der Waals surface area (Å²) in [5.41, 5.74) is 1.91. The normalized spacial score (nSPS) is 11.5. The number of methoxy groups -OCH3 is 2. The van der Waals surface area contributed by atoms with Crippen LogP contribution >= 0.6 is 27.7 Å². The molecule has 0 bridgehead atoms. The second kappa shape index (κ2) is 11.1. The molecule has 1 amide bonds. The number of hydrogen-bond acceptors (Lipinski definition) is 6. The van der Waals surface area contributed by atoms with E-state index in [2.05, 4.69) is 21.2 Å². The Balaban J connectivity index is 1.81. The van der Waals surface area contributed by atoms with E-state index in [0.717, 1.165) is 20.5 Å². The number of amides is 1. The number of aryl methyl sites for hydroxylation is 1. The Bertz CT molecular complexity index is 874. The highest BCUT2D eigenvalue weighted by atomic mass is 79.9. The maximum Gasteiger partial charge on any atom is 0.317 e. The molecule has 0 aliphatic heterocycles. The lowest BCUT2D eigenvalue weighted by Gasteiger charge is -2.14. The Labute approximate surface area is 183 Å². The maximum atomic E-state index is 12.2. The number of nitrogens with one attached hydrogen (secondary N) is 1. The molecule has 0 aromatic heterocycles. The molecule has 0 fully saturated rings. The van der Waals surface area contributed by atoms with E-state index in [9.17, 15) is 9.59 Å². The van der Waals surface area contributed by atoms with Crippen LogP contribution < -0.4 is 14.8 Å². The average Bonchev–Trinajstić information content (AvgIpc) is 2.70. The van der Waals surface area contributed by atoms with Gasteiger partial charge < -0.3 is 19.5 Å². The Morgan fingerprint density at radius 3 is 2.48 bits per heavy atom. The molecule has 1 atom stereocenters. The van der Waals surface area contributed by atoms with Crippen molar-refractivity contribution in [2.45, 2.75) is 31.4 Å². The molecule has 29 heavy (non-hydrogen) atoms. The van der Waals surface area contributed by atoms with E-state index < -0.39 is 12.1 Å². The summed E-state index contributed by atoms with van der Waals surface area (Å²) >= 11 is 4.80. The summed E-state index contributed by atoms with van der Waals surface area (Å²) in [6, 6.07) is 11.2. The lowest BCUT2D eigenvalue weighted by atomic mass is 10.2. The number of carbonyl (C=O) groups is 2. The summed E-state index contributed by atoms with van der Waals surface area (Å²) in [5, 5.41) is 2.76. The number of benzene rings is 2. The van der Waals surface area contributed by atoms with Gasteiger partial charge in [-0.1, -0.05) is 22.0 Å². The molecule has 0 saturated heterocycles. The van der Waals surface area contributed by atoms with E-state index in [1.54, 1.807) is 33.3 Å². The number of esters is 1. The largest absolute Gasteiger partial charge is 0.493 e. The number of halogens is 1. The van der Waals surface area contributed by atoms with Gasteiger partial charge in [0, 0.05) is 15.9 Å². The van der Waals surface area contributed by atoms with E-state index >= 15 is 0 Å². The predicted molar refractivity (Wildman–Crippen MR) is 117 cm³/mol. The number of rotatable bonds is 9. The molecule has 156 valence electrons. The summed E-state index contributed by atoms with van der Waals surface area (Å²) in [6.45, 7) is 3.81. The van der Waals surface area contributed by atoms with Crippen molar-refractivity contribution in [3.05, 3.63) is 52.0 Å². The van der Waals surface area contributed by atoms with Crippen molar-refractivity contribution in [2.75, 3.05) is 20.0 Å². The van der Waals surface area contributed by atoms with Gasteiger partial charge in [-0.2, -0.15) is 0 Å². The van der Waals surface area contributed by atoms with Gasteiger partial charge in [0.05, 0.1) is 20.0 Å². The van der Waals surface area contributed by atoms with Gasteiger partial charge in [0.2, 0.25) is 0 Å². The third kappa shape index (κ3) is 6.97. The second-order valence-electron chi connectivity index (χ2n) is 6.24. The van der Waals surface area contributed by atoms with E-state index in [1.165, 1.54) is 11.8 Å². The molecule has 6 nitrogen and oxygen atoms in total. The van der Waals surface area contributed by atoms with Gasteiger partial charge >= 0.3 is 5.97 Å². The van der Waals surface area contributed by atoms with Gasteiger partial charge in [-0.3, -0.25) is 9.59 Å². The van der Waals surface area contributed by atoms with Crippen LogP contribution in [0.4, 0.5) is 0 Å². The van der Waals surface area contributed by atoms with Crippen molar-refractivity contribution in [3.63, 3.8) is 0 Å². The minimum atomic E-state index is -0.880. The molecule has 0 heterocycles. The lowest BCUT2D eigenvalue weighted by Crippen LogP contribution is -2.35. The zero-order chi connectivity index (χ0) is 21.4. The fourth-order valence-electron chi connectivity index (χ4n) is 2.52. The van der Waals surface area contributed by atoms with E-state index in [1.807, 2.05) is 31.2 Å². The topological polar surface area (TPSA) is 73.9 Å².